The third kappa shape index (κ3) is 3.91. The summed E-state index contributed by atoms with van der Waals surface area (Å²) in [4.78, 5) is 12.3. The number of thiazole rings is 1. The second-order valence-corrected chi connectivity index (χ2v) is 6.15. The van der Waals surface area contributed by atoms with Gasteiger partial charge in [-0.05, 0) is 20.8 Å². The van der Waals surface area contributed by atoms with E-state index in [1.807, 2.05) is 6.92 Å². The second-order valence-electron chi connectivity index (χ2n) is 4.86. The van der Waals surface area contributed by atoms with E-state index in [2.05, 4.69) is 28.7 Å². The molecule has 2 heterocycles. The molecule has 19 heavy (non-hydrogen) atoms. The predicted octanol–water partition coefficient (Wildman–Crippen LogP) is 1.34. The minimum absolute atomic E-state index is 0.230. The van der Waals surface area contributed by atoms with E-state index in [1.165, 1.54) is 4.88 Å². The number of guanidine groups is 1. The van der Waals surface area contributed by atoms with Gasteiger partial charge in [-0.3, -0.25) is 4.99 Å². The van der Waals surface area contributed by atoms with Crippen molar-refractivity contribution in [2.75, 3.05) is 26.2 Å². The van der Waals surface area contributed by atoms with Crippen LogP contribution >= 0.6 is 11.3 Å². The van der Waals surface area contributed by atoms with Crippen molar-refractivity contribution in [2.45, 2.75) is 33.3 Å². The Labute approximate surface area is 118 Å². The van der Waals surface area contributed by atoms with E-state index in [1.54, 1.807) is 11.3 Å². The van der Waals surface area contributed by atoms with Crippen LogP contribution in [0.1, 0.15) is 22.5 Å². The number of hydrogen-bond acceptors (Lipinski definition) is 4. The van der Waals surface area contributed by atoms with Crippen LogP contribution in [0.3, 0.4) is 0 Å². The minimum Gasteiger partial charge on any atom is -0.375 e. The van der Waals surface area contributed by atoms with Crippen molar-refractivity contribution in [3.63, 3.8) is 0 Å². The molecule has 1 atom stereocenters. The highest BCUT2D eigenvalue weighted by Crippen LogP contribution is 2.17. The predicted molar refractivity (Wildman–Crippen MR) is 78.8 cm³/mol. The second kappa shape index (κ2) is 6.34. The Hall–Kier alpha value is -1.14. The van der Waals surface area contributed by atoms with Crippen LogP contribution in [0.4, 0.5) is 0 Å². The van der Waals surface area contributed by atoms with Crippen LogP contribution in [0.15, 0.2) is 4.99 Å². The van der Waals surface area contributed by atoms with E-state index < -0.39 is 0 Å². The van der Waals surface area contributed by atoms with Crippen LogP contribution in [-0.4, -0.2) is 48.2 Å². The summed E-state index contributed by atoms with van der Waals surface area (Å²) in [5, 5.41) is 1.12. The van der Waals surface area contributed by atoms with Gasteiger partial charge >= 0.3 is 0 Å². The van der Waals surface area contributed by atoms with Crippen LogP contribution in [0.25, 0.3) is 0 Å². The number of aliphatic imine (C=N–C) groups is 1. The number of morpholine rings is 1. The fourth-order valence-electron chi connectivity index (χ4n) is 2.20. The van der Waals surface area contributed by atoms with E-state index in [0.717, 1.165) is 43.4 Å². The number of aryl methyl sites for hydroxylation is 2. The number of rotatable bonds is 3. The molecule has 0 bridgehead atoms. The van der Waals surface area contributed by atoms with Gasteiger partial charge in [0.1, 0.15) is 0 Å². The minimum atomic E-state index is 0.230. The van der Waals surface area contributed by atoms with Gasteiger partial charge in [0, 0.05) is 30.9 Å². The Balaban J connectivity index is 1.86. The normalized spacial score (nSPS) is 20.9. The highest BCUT2D eigenvalue weighted by atomic mass is 32.1. The molecule has 1 aliphatic heterocycles. The van der Waals surface area contributed by atoms with Gasteiger partial charge in [0.15, 0.2) is 5.96 Å². The van der Waals surface area contributed by atoms with Gasteiger partial charge in [-0.25, -0.2) is 4.98 Å². The van der Waals surface area contributed by atoms with E-state index in [-0.39, 0.29) is 6.10 Å². The Bertz CT molecular complexity index is 457. The molecule has 1 aromatic heterocycles. The average molecular weight is 282 g/mol. The van der Waals surface area contributed by atoms with E-state index in [0.29, 0.717) is 5.96 Å². The zero-order chi connectivity index (χ0) is 13.8. The molecule has 1 aliphatic rings. The van der Waals surface area contributed by atoms with Crippen molar-refractivity contribution in [1.29, 1.82) is 0 Å². The molecule has 1 unspecified atom stereocenters. The molecule has 0 radical (unpaired) electrons. The first-order valence-electron chi connectivity index (χ1n) is 6.65. The molecule has 0 aliphatic carbocycles. The highest BCUT2D eigenvalue weighted by molar-refractivity contribution is 7.11. The van der Waals surface area contributed by atoms with Gasteiger partial charge in [0.05, 0.1) is 23.4 Å². The number of nitrogens with zero attached hydrogens (tertiary/aromatic N) is 3. The van der Waals surface area contributed by atoms with Gasteiger partial charge in [-0.15, -0.1) is 11.3 Å². The summed E-state index contributed by atoms with van der Waals surface area (Å²) in [6, 6.07) is 0. The molecule has 0 spiro atoms. The third-order valence-electron chi connectivity index (χ3n) is 3.18. The standard InChI is InChI=1S/C13H22N4OS/c1-9-8-17(6-7-18-9)13(14)15-5-4-12-10(2)16-11(3)19-12/h9H,4-8H2,1-3H3,(H2,14,15). The fraction of sp³-hybridized carbons (Fsp3) is 0.692. The average Bonchev–Trinajstić information content (AvgIpc) is 2.68. The first kappa shape index (κ1) is 14.3. The van der Waals surface area contributed by atoms with Crippen molar-refractivity contribution >= 4 is 17.3 Å². The zero-order valence-electron chi connectivity index (χ0n) is 11.8. The van der Waals surface area contributed by atoms with Crippen LogP contribution in [-0.2, 0) is 11.2 Å². The Morgan fingerprint density at radius 2 is 2.37 bits per heavy atom. The number of ether oxygens (including phenoxy) is 1. The molecule has 0 aromatic carbocycles. The number of nitrogens with two attached hydrogens (primary N) is 1. The summed E-state index contributed by atoms with van der Waals surface area (Å²) >= 11 is 1.75. The highest BCUT2D eigenvalue weighted by Gasteiger charge is 2.17. The first-order chi connectivity index (χ1) is 9.06. The third-order valence-corrected chi connectivity index (χ3v) is 4.31. The summed E-state index contributed by atoms with van der Waals surface area (Å²) < 4.78 is 5.49. The van der Waals surface area contributed by atoms with Crippen LogP contribution in [0.5, 0.6) is 0 Å². The fourth-order valence-corrected chi connectivity index (χ4v) is 3.13. The first-order valence-corrected chi connectivity index (χ1v) is 7.47. The zero-order valence-corrected chi connectivity index (χ0v) is 12.7. The topological polar surface area (TPSA) is 63.7 Å². The molecule has 5 nitrogen and oxygen atoms in total. The summed E-state index contributed by atoms with van der Waals surface area (Å²) in [7, 11) is 0. The SMILES string of the molecule is Cc1nc(C)c(CCN=C(N)N2CCOC(C)C2)s1. The largest absolute Gasteiger partial charge is 0.375 e. The van der Waals surface area contributed by atoms with Crippen molar-refractivity contribution < 1.29 is 4.74 Å². The lowest BCUT2D eigenvalue weighted by atomic mass is 10.3. The van der Waals surface area contributed by atoms with Crippen LogP contribution < -0.4 is 5.73 Å². The van der Waals surface area contributed by atoms with Crippen molar-refractivity contribution in [2.24, 2.45) is 10.7 Å². The molecule has 1 aromatic rings. The molecule has 106 valence electrons. The van der Waals surface area contributed by atoms with Gasteiger partial charge in [-0.2, -0.15) is 0 Å². The monoisotopic (exact) mass is 282 g/mol. The molecule has 0 amide bonds. The molecule has 6 heteroatoms. The number of aromatic nitrogens is 1. The molecule has 2 N–H and O–H groups in total. The summed E-state index contributed by atoms with van der Waals surface area (Å²) in [5.41, 5.74) is 7.15. The quantitative estimate of drug-likeness (QED) is 0.671. The number of hydrogen-bond donors (Lipinski definition) is 1. The maximum atomic E-state index is 6.03. The summed E-state index contributed by atoms with van der Waals surface area (Å²) in [6.45, 7) is 9.25. The van der Waals surface area contributed by atoms with Gasteiger partial charge in [-0.1, -0.05) is 0 Å². The molecular formula is C13H22N4OS. The van der Waals surface area contributed by atoms with E-state index in [4.69, 9.17) is 10.5 Å². The van der Waals surface area contributed by atoms with Crippen LogP contribution in [0.2, 0.25) is 0 Å². The van der Waals surface area contributed by atoms with Gasteiger partial charge in [0.25, 0.3) is 0 Å². The lowest BCUT2D eigenvalue weighted by Crippen LogP contribution is -2.47. The molecule has 0 saturated carbocycles. The molecular weight excluding hydrogens is 260 g/mol. The summed E-state index contributed by atoms with van der Waals surface area (Å²) in [6.07, 6.45) is 1.15. The maximum Gasteiger partial charge on any atom is 0.191 e. The summed E-state index contributed by atoms with van der Waals surface area (Å²) in [5.74, 6) is 0.633. The van der Waals surface area contributed by atoms with E-state index >= 15 is 0 Å². The van der Waals surface area contributed by atoms with Crippen molar-refractivity contribution in [3.05, 3.63) is 15.6 Å². The molecule has 1 saturated heterocycles. The Morgan fingerprint density at radius 3 is 3.00 bits per heavy atom. The molecule has 1 fully saturated rings. The lowest BCUT2D eigenvalue weighted by Gasteiger charge is -2.31. The van der Waals surface area contributed by atoms with Crippen molar-refractivity contribution in [3.8, 4) is 0 Å². The maximum absolute atomic E-state index is 6.03. The smallest absolute Gasteiger partial charge is 0.191 e. The van der Waals surface area contributed by atoms with Gasteiger partial charge in [0.2, 0.25) is 0 Å². The van der Waals surface area contributed by atoms with Crippen LogP contribution in [0, 0.1) is 13.8 Å². The van der Waals surface area contributed by atoms with Crippen molar-refractivity contribution in [1.82, 2.24) is 9.88 Å². The Morgan fingerprint density at radius 1 is 1.58 bits per heavy atom. The van der Waals surface area contributed by atoms with E-state index in [9.17, 15) is 0 Å². The lowest BCUT2D eigenvalue weighted by molar-refractivity contribution is 0.00530. The van der Waals surface area contributed by atoms with Gasteiger partial charge < -0.3 is 15.4 Å². The Kier molecular flexibility index (Phi) is 4.76. The molecule has 2 rings (SSSR count).